The summed E-state index contributed by atoms with van der Waals surface area (Å²) in [6, 6.07) is 8.66. The summed E-state index contributed by atoms with van der Waals surface area (Å²) < 4.78 is 8.34. The molecule has 29 heavy (non-hydrogen) atoms. The van der Waals surface area contributed by atoms with Crippen LogP contribution in [0.1, 0.15) is 44.2 Å². The highest BCUT2D eigenvalue weighted by atomic mass is 79.9. The van der Waals surface area contributed by atoms with Gasteiger partial charge in [0.1, 0.15) is 23.1 Å². The number of furan rings is 1. The van der Waals surface area contributed by atoms with Gasteiger partial charge in [-0.05, 0) is 52.0 Å². The van der Waals surface area contributed by atoms with Gasteiger partial charge in [0.2, 0.25) is 5.88 Å². The fourth-order valence-electron chi connectivity index (χ4n) is 3.04. The standard InChI is InChI=1S/C21H19BrN4O3/c1-11-7-15(10-24-25-20(28)17-8-16(22)5-6-19(17)27)13(3)26(11)21-18(9-23)12(2)14(4)29-21/h5-8,10,27H,1-4H3,(H,25,28)/b24-10+. The lowest BCUT2D eigenvalue weighted by Gasteiger charge is -2.06. The van der Waals surface area contributed by atoms with Crippen LogP contribution in [0.3, 0.4) is 0 Å². The van der Waals surface area contributed by atoms with E-state index in [1.54, 1.807) is 6.07 Å². The number of aromatic nitrogens is 1. The second-order valence-corrected chi connectivity index (χ2v) is 7.51. The molecule has 0 unspecified atom stereocenters. The van der Waals surface area contributed by atoms with Gasteiger partial charge in [-0.15, -0.1) is 0 Å². The highest BCUT2D eigenvalue weighted by Gasteiger charge is 2.20. The first-order valence-corrected chi connectivity index (χ1v) is 9.55. The van der Waals surface area contributed by atoms with Gasteiger partial charge < -0.3 is 9.52 Å². The van der Waals surface area contributed by atoms with Crippen molar-refractivity contribution in [3.8, 4) is 17.7 Å². The van der Waals surface area contributed by atoms with Gasteiger partial charge in [-0.1, -0.05) is 15.9 Å². The van der Waals surface area contributed by atoms with E-state index in [1.807, 2.05) is 38.3 Å². The van der Waals surface area contributed by atoms with Crippen molar-refractivity contribution in [3.05, 3.63) is 68.1 Å². The highest BCUT2D eigenvalue weighted by molar-refractivity contribution is 9.10. The molecular formula is C21H19BrN4O3. The molecule has 0 fully saturated rings. The molecule has 0 spiro atoms. The highest BCUT2D eigenvalue weighted by Crippen LogP contribution is 2.28. The lowest BCUT2D eigenvalue weighted by atomic mass is 10.2. The summed E-state index contributed by atoms with van der Waals surface area (Å²) in [7, 11) is 0. The van der Waals surface area contributed by atoms with Crippen molar-refractivity contribution in [1.29, 1.82) is 5.26 Å². The van der Waals surface area contributed by atoms with Crippen LogP contribution in [-0.2, 0) is 0 Å². The zero-order chi connectivity index (χ0) is 21.3. The van der Waals surface area contributed by atoms with Crippen LogP contribution < -0.4 is 5.43 Å². The third-order valence-electron chi connectivity index (χ3n) is 4.72. The molecule has 0 atom stereocenters. The molecule has 1 amide bonds. The molecule has 0 saturated carbocycles. The number of hydrazone groups is 1. The molecule has 148 valence electrons. The summed E-state index contributed by atoms with van der Waals surface area (Å²) in [6.45, 7) is 7.45. The Balaban J connectivity index is 1.88. The van der Waals surface area contributed by atoms with E-state index in [-0.39, 0.29) is 11.3 Å². The number of carbonyl (C=O) groups is 1. The average Bonchev–Trinajstić information content (AvgIpc) is 3.11. The number of halogens is 1. The van der Waals surface area contributed by atoms with Crippen LogP contribution in [0, 0.1) is 39.0 Å². The van der Waals surface area contributed by atoms with Gasteiger partial charge in [0.15, 0.2) is 0 Å². The minimum Gasteiger partial charge on any atom is -0.507 e. The predicted octanol–water partition coefficient (Wildman–Crippen LogP) is 4.41. The third kappa shape index (κ3) is 3.82. The zero-order valence-electron chi connectivity index (χ0n) is 16.4. The smallest absolute Gasteiger partial charge is 0.275 e. The van der Waals surface area contributed by atoms with E-state index in [0.717, 1.165) is 22.5 Å². The molecule has 7 nitrogen and oxygen atoms in total. The van der Waals surface area contributed by atoms with Crippen LogP contribution >= 0.6 is 15.9 Å². The molecule has 0 aliphatic rings. The Kier molecular flexibility index (Phi) is 5.62. The molecule has 0 bridgehead atoms. The van der Waals surface area contributed by atoms with Gasteiger partial charge in [-0.2, -0.15) is 10.4 Å². The topological polar surface area (TPSA) is 104 Å². The maximum atomic E-state index is 12.2. The largest absolute Gasteiger partial charge is 0.507 e. The van der Waals surface area contributed by atoms with Crippen molar-refractivity contribution in [3.63, 3.8) is 0 Å². The van der Waals surface area contributed by atoms with Gasteiger partial charge in [0, 0.05) is 27.0 Å². The SMILES string of the molecule is Cc1oc(-n2c(C)cc(/C=N/NC(=O)c3cc(Br)ccc3O)c2C)c(C#N)c1C. The van der Waals surface area contributed by atoms with E-state index in [4.69, 9.17) is 4.42 Å². The summed E-state index contributed by atoms with van der Waals surface area (Å²) in [5.41, 5.74) is 6.27. The monoisotopic (exact) mass is 454 g/mol. The summed E-state index contributed by atoms with van der Waals surface area (Å²) >= 11 is 3.27. The van der Waals surface area contributed by atoms with Crippen molar-refractivity contribution in [2.75, 3.05) is 0 Å². The maximum absolute atomic E-state index is 12.2. The molecule has 2 heterocycles. The minimum atomic E-state index is -0.530. The Morgan fingerprint density at radius 1 is 1.31 bits per heavy atom. The molecule has 2 N–H and O–H groups in total. The van der Waals surface area contributed by atoms with Crippen molar-refractivity contribution in [2.24, 2.45) is 5.10 Å². The second-order valence-electron chi connectivity index (χ2n) is 6.60. The molecule has 0 aliphatic heterocycles. The van der Waals surface area contributed by atoms with Crippen LogP contribution in [0.2, 0.25) is 0 Å². The molecule has 3 rings (SSSR count). The van der Waals surface area contributed by atoms with E-state index in [1.165, 1.54) is 18.3 Å². The Labute approximate surface area is 176 Å². The number of carbonyl (C=O) groups excluding carboxylic acids is 1. The van der Waals surface area contributed by atoms with Crippen molar-refractivity contribution >= 4 is 28.1 Å². The quantitative estimate of drug-likeness (QED) is 0.449. The Hall–Kier alpha value is -3.31. The molecule has 2 aromatic heterocycles. The number of nitriles is 1. The minimum absolute atomic E-state index is 0.113. The first-order valence-electron chi connectivity index (χ1n) is 8.76. The fraction of sp³-hybridized carbons (Fsp3) is 0.190. The lowest BCUT2D eigenvalue weighted by Crippen LogP contribution is -2.17. The van der Waals surface area contributed by atoms with Crippen LogP contribution in [0.15, 0.2) is 38.3 Å². The van der Waals surface area contributed by atoms with Crippen molar-refractivity contribution in [1.82, 2.24) is 9.99 Å². The summed E-state index contributed by atoms with van der Waals surface area (Å²) in [4.78, 5) is 12.2. The van der Waals surface area contributed by atoms with E-state index in [0.29, 0.717) is 21.7 Å². The first-order chi connectivity index (χ1) is 13.7. The zero-order valence-corrected chi connectivity index (χ0v) is 18.0. The number of nitrogens with zero attached hydrogens (tertiary/aromatic N) is 3. The summed E-state index contributed by atoms with van der Waals surface area (Å²) in [5, 5.41) is 23.3. The predicted molar refractivity (Wildman–Crippen MR) is 113 cm³/mol. The lowest BCUT2D eigenvalue weighted by molar-refractivity contribution is 0.0952. The Morgan fingerprint density at radius 3 is 2.72 bits per heavy atom. The molecule has 0 radical (unpaired) electrons. The molecule has 1 aromatic carbocycles. The number of hydrogen-bond acceptors (Lipinski definition) is 5. The molecule has 0 saturated heterocycles. The van der Waals surface area contributed by atoms with Crippen LogP contribution in [0.5, 0.6) is 5.75 Å². The van der Waals surface area contributed by atoms with Crippen LogP contribution in [-0.4, -0.2) is 21.8 Å². The van der Waals surface area contributed by atoms with E-state index >= 15 is 0 Å². The van der Waals surface area contributed by atoms with E-state index in [9.17, 15) is 15.2 Å². The van der Waals surface area contributed by atoms with Crippen molar-refractivity contribution < 1.29 is 14.3 Å². The van der Waals surface area contributed by atoms with Gasteiger partial charge in [0.25, 0.3) is 5.91 Å². The summed E-state index contributed by atoms with van der Waals surface area (Å²) in [6.07, 6.45) is 1.51. The first kappa shape index (κ1) is 20.4. The number of aryl methyl sites for hydroxylation is 2. The Morgan fingerprint density at radius 2 is 2.03 bits per heavy atom. The van der Waals surface area contributed by atoms with Gasteiger partial charge in [0.05, 0.1) is 11.8 Å². The number of hydrogen-bond donors (Lipinski definition) is 2. The maximum Gasteiger partial charge on any atom is 0.275 e. The van der Waals surface area contributed by atoms with Crippen LogP contribution in [0.25, 0.3) is 5.88 Å². The second kappa shape index (κ2) is 7.97. The number of nitrogens with one attached hydrogen (secondary N) is 1. The normalized spacial score (nSPS) is 11.0. The van der Waals surface area contributed by atoms with E-state index in [2.05, 4.69) is 32.5 Å². The van der Waals surface area contributed by atoms with Gasteiger partial charge in [-0.3, -0.25) is 9.36 Å². The molecule has 0 aliphatic carbocycles. The Bertz CT molecular complexity index is 1180. The summed E-state index contributed by atoms with van der Waals surface area (Å²) in [5.74, 6) is 0.505. The van der Waals surface area contributed by atoms with Crippen molar-refractivity contribution in [2.45, 2.75) is 27.7 Å². The van der Waals surface area contributed by atoms with E-state index < -0.39 is 5.91 Å². The number of aromatic hydroxyl groups is 1. The molecular weight excluding hydrogens is 436 g/mol. The number of phenols is 1. The molecule has 8 heteroatoms. The number of phenolic OH excluding ortho intramolecular Hbond substituents is 1. The average molecular weight is 455 g/mol. The van der Waals surface area contributed by atoms with Gasteiger partial charge in [-0.25, -0.2) is 5.43 Å². The fourth-order valence-corrected chi connectivity index (χ4v) is 3.40. The molecule has 3 aromatic rings. The van der Waals surface area contributed by atoms with Crippen LogP contribution in [0.4, 0.5) is 0 Å². The third-order valence-corrected chi connectivity index (χ3v) is 5.22. The number of benzene rings is 1. The number of amides is 1. The van der Waals surface area contributed by atoms with Gasteiger partial charge >= 0.3 is 0 Å². The number of rotatable bonds is 4.